The number of alkyl halides is 3. The quantitative estimate of drug-likeness (QED) is 0.383. The monoisotopic (exact) mass is 479 g/mol. The summed E-state index contributed by atoms with van der Waals surface area (Å²) < 4.78 is 69.4. The lowest BCUT2D eigenvalue weighted by atomic mass is 10.1. The number of sulfonamides is 1. The third-order valence-electron chi connectivity index (χ3n) is 4.46. The number of aromatic nitrogens is 3. The maximum absolute atomic E-state index is 14.0. The number of H-pyrrole nitrogens is 1. The van der Waals surface area contributed by atoms with Crippen molar-refractivity contribution in [1.82, 2.24) is 15.2 Å². The standard InChI is InChI=1S/C20H16F3N5O2S2/c1-13-3-2-4-14(11-13)28(18-7-8-25-26-18)15-5-6-17(16(12-15)20(21,22)23)32(29,30)27-19-24-9-10-31-19/h2-12H,1H3,(H,24,27)(H,25,26). The van der Waals surface area contributed by atoms with Gasteiger partial charge in [0.05, 0.1) is 16.7 Å². The molecule has 0 saturated heterocycles. The Morgan fingerprint density at radius 2 is 1.84 bits per heavy atom. The minimum absolute atomic E-state index is 0.0268. The van der Waals surface area contributed by atoms with Gasteiger partial charge in [-0.1, -0.05) is 12.1 Å². The molecule has 2 N–H and O–H groups in total. The number of rotatable bonds is 6. The number of aromatic amines is 1. The van der Waals surface area contributed by atoms with Crippen molar-refractivity contribution in [3.8, 4) is 0 Å². The van der Waals surface area contributed by atoms with Crippen LogP contribution in [-0.4, -0.2) is 23.6 Å². The summed E-state index contributed by atoms with van der Waals surface area (Å²) in [6.07, 6.45) is -2.10. The zero-order valence-corrected chi connectivity index (χ0v) is 18.1. The van der Waals surface area contributed by atoms with Gasteiger partial charge in [-0.15, -0.1) is 11.3 Å². The van der Waals surface area contributed by atoms with Crippen molar-refractivity contribution >= 4 is 43.7 Å². The van der Waals surface area contributed by atoms with Crippen molar-refractivity contribution < 1.29 is 21.6 Å². The first kappa shape index (κ1) is 21.8. The van der Waals surface area contributed by atoms with E-state index in [9.17, 15) is 21.6 Å². The molecule has 0 fully saturated rings. The highest BCUT2D eigenvalue weighted by molar-refractivity contribution is 7.93. The van der Waals surface area contributed by atoms with E-state index in [1.165, 1.54) is 28.7 Å². The average molecular weight is 480 g/mol. The predicted octanol–water partition coefficient (Wildman–Crippen LogP) is 5.46. The number of thiazole rings is 1. The van der Waals surface area contributed by atoms with Gasteiger partial charge in [0.1, 0.15) is 5.82 Å². The van der Waals surface area contributed by atoms with Gasteiger partial charge in [0.2, 0.25) is 0 Å². The van der Waals surface area contributed by atoms with Crippen molar-refractivity contribution in [1.29, 1.82) is 0 Å². The minimum atomic E-state index is -4.92. The van der Waals surface area contributed by atoms with Crippen molar-refractivity contribution in [3.63, 3.8) is 0 Å². The van der Waals surface area contributed by atoms with Crippen LogP contribution in [0.1, 0.15) is 11.1 Å². The fourth-order valence-electron chi connectivity index (χ4n) is 3.12. The van der Waals surface area contributed by atoms with E-state index in [1.807, 2.05) is 13.0 Å². The second kappa shape index (κ2) is 8.28. The number of hydrogen-bond donors (Lipinski definition) is 2. The molecule has 166 valence electrons. The molecule has 0 amide bonds. The van der Waals surface area contributed by atoms with E-state index in [4.69, 9.17) is 0 Å². The van der Waals surface area contributed by atoms with Crippen LogP contribution in [0.3, 0.4) is 0 Å². The highest BCUT2D eigenvalue weighted by Gasteiger charge is 2.38. The van der Waals surface area contributed by atoms with Crippen molar-refractivity contribution in [2.45, 2.75) is 18.0 Å². The van der Waals surface area contributed by atoms with E-state index in [-0.39, 0.29) is 10.8 Å². The van der Waals surface area contributed by atoms with E-state index in [0.717, 1.165) is 29.0 Å². The van der Waals surface area contributed by atoms with Crippen molar-refractivity contribution in [2.24, 2.45) is 0 Å². The van der Waals surface area contributed by atoms with Crippen LogP contribution in [0.2, 0.25) is 0 Å². The van der Waals surface area contributed by atoms with Gasteiger partial charge in [-0.25, -0.2) is 13.4 Å². The Kier molecular flexibility index (Phi) is 5.65. The summed E-state index contributed by atoms with van der Waals surface area (Å²) in [5, 5.41) is 8.11. The summed E-state index contributed by atoms with van der Waals surface area (Å²) in [7, 11) is -4.53. The highest BCUT2D eigenvalue weighted by Crippen LogP contribution is 2.40. The summed E-state index contributed by atoms with van der Waals surface area (Å²) in [4.78, 5) is 4.41. The average Bonchev–Trinajstić information content (AvgIpc) is 3.42. The fourth-order valence-corrected chi connectivity index (χ4v) is 5.12. The van der Waals surface area contributed by atoms with Gasteiger partial charge in [-0.2, -0.15) is 18.3 Å². The first-order valence-corrected chi connectivity index (χ1v) is 11.5. The van der Waals surface area contributed by atoms with Crippen LogP contribution in [0.15, 0.2) is 71.2 Å². The van der Waals surface area contributed by atoms with Crippen LogP contribution in [0, 0.1) is 6.92 Å². The summed E-state index contributed by atoms with van der Waals surface area (Å²) in [6, 6.07) is 11.8. The third kappa shape index (κ3) is 4.46. The summed E-state index contributed by atoms with van der Waals surface area (Å²) >= 11 is 0.961. The van der Waals surface area contributed by atoms with Gasteiger partial charge in [-0.3, -0.25) is 14.7 Å². The summed E-state index contributed by atoms with van der Waals surface area (Å²) in [6.45, 7) is 1.86. The lowest BCUT2D eigenvalue weighted by Crippen LogP contribution is -2.20. The molecule has 2 aromatic carbocycles. The Bertz CT molecular complexity index is 1320. The number of nitrogens with zero attached hydrogens (tertiary/aromatic N) is 3. The number of benzene rings is 2. The Morgan fingerprint density at radius 1 is 1.06 bits per heavy atom. The molecule has 0 saturated carbocycles. The molecule has 32 heavy (non-hydrogen) atoms. The molecule has 0 atom stereocenters. The van der Waals surface area contributed by atoms with Crippen molar-refractivity contribution in [2.75, 3.05) is 9.62 Å². The van der Waals surface area contributed by atoms with Gasteiger partial charge < -0.3 is 0 Å². The van der Waals surface area contributed by atoms with Crippen LogP contribution >= 0.6 is 11.3 Å². The Labute approximate surface area is 185 Å². The molecule has 0 radical (unpaired) electrons. The number of anilines is 4. The minimum Gasteiger partial charge on any atom is -0.295 e. The molecule has 2 heterocycles. The second-order valence-corrected chi connectivity index (χ2v) is 9.28. The topological polar surface area (TPSA) is 91.0 Å². The molecule has 0 unspecified atom stereocenters. The smallest absolute Gasteiger partial charge is 0.295 e. The van der Waals surface area contributed by atoms with Crippen LogP contribution in [0.25, 0.3) is 0 Å². The van der Waals surface area contributed by atoms with Crippen LogP contribution < -0.4 is 9.62 Å². The molecule has 0 aliphatic carbocycles. The lowest BCUT2D eigenvalue weighted by Gasteiger charge is -2.25. The van der Waals surface area contributed by atoms with Gasteiger partial charge in [0.25, 0.3) is 10.0 Å². The zero-order valence-electron chi connectivity index (χ0n) is 16.5. The molecular formula is C20H16F3N5O2S2. The second-order valence-electron chi connectivity index (χ2n) is 6.74. The first-order valence-electron chi connectivity index (χ1n) is 9.15. The zero-order chi connectivity index (χ0) is 22.9. The Hall–Kier alpha value is -3.38. The lowest BCUT2D eigenvalue weighted by molar-refractivity contribution is -0.139. The number of hydrogen-bond acceptors (Lipinski definition) is 6. The highest BCUT2D eigenvalue weighted by atomic mass is 32.2. The van der Waals surface area contributed by atoms with Gasteiger partial charge in [0.15, 0.2) is 5.13 Å². The van der Waals surface area contributed by atoms with Crippen molar-refractivity contribution in [3.05, 3.63) is 77.4 Å². The van der Waals surface area contributed by atoms with Crippen LogP contribution in [-0.2, 0) is 16.2 Å². The van der Waals surface area contributed by atoms with Crippen LogP contribution in [0.4, 0.5) is 35.5 Å². The molecule has 0 aliphatic heterocycles. The van der Waals surface area contributed by atoms with E-state index >= 15 is 0 Å². The molecule has 4 rings (SSSR count). The van der Waals surface area contributed by atoms with E-state index in [1.54, 1.807) is 24.3 Å². The normalized spacial score (nSPS) is 12.0. The number of halogens is 3. The van der Waals surface area contributed by atoms with Gasteiger partial charge in [-0.05, 0) is 42.8 Å². The molecule has 7 nitrogen and oxygen atoms in total. The molecule has 0 spiro atoms. The molecule has 0 aliphatic rings. The molecule has 2 aromatic heterocycles. The molecule has 12 heteroatoms. The van der Waals surface area contributed by atoms with Crippen LogP contribution in [0.5, 0.6) is 0 Å². The predicted molar refractivity (Wildman–Crippen MR) is 116 cm³/mol. The van der Waals surface area contributed by atoms with Gasteiger partial charge in [0, 0.05) is 29.0 Å². The Morgan fingerprint density at radius 3 is 2.47 bits per heavy atom. The van der Waals surface area contributed by atoms with Gasteiger partial charge >= 0.3 is 6.18 Å². The summed E-state index contributed by atoms with van der Waals surface area (Å²) in [5.41, 5.74) is 0.297. The molecule has 0 bridgehead atoms. The van der Waals surface area contributed by atoms with E-state index < -0.39 is 26.7 Å². The molecular weight excluding hydrogens is 463 g/mol. The summed E-state index contributed by atoms with van der Waals surface area (Å²) in [5.74, 6) is 0.417. The molecule has 4 aromatic rings. The maximum Gasteiger partial charge on any atom is 0.417 e. The number of aryl methyl sites for hydroxylation is 1. The fraction of sp³-hybridized carbons (Fsp3) is 0.100. The number of nitrogens with one attached hydrogen (secondary N) is 2. The maximum atomic E-state index is 14.0. The van der Waals surface area contributed by atoms with E-state index in [2.05, 4.69) is 19.9 Å². The largest absolute Gasteiger partial charge is 0.417 e. The van der Waals surface area contributed by atoms with E-state index in [0.29, 0.717) is 11.5 Å². The first-order chi connectivity index (χ1) is 15.1. The third-order valence-corrected chi connectivity index (χ3v) is 6.67. The SMILES string of the molecule is Cc1cccc(N(c2ccc(S(=O)(=O)Nc3nccs3)c(C(F)(F)F)c2)c2ccn[nH]2)c1. The Balaban J connectivity index is 1.86.